The summed E-state index contributed by atoms with van der Waals surface area (Å²) in [5.74, 6) is -1.28. The maximum Gasteiger partial charge on any atom is 0.232 e. The number of Topliss-reactive ketones (excluding diaryl/α,β-unsaturated/α-hetero) is 1. The molecule has 2 aromatic rings. The molecule has 0 spiro atoms. The Morgan fingerprint density at radius 1 is 1.26 bits per heavy atom. The van der Waals surface area contributed by atoms with E-state index in [-0.39, 0.29) is 35.9 Å². The second kappa shape index (κ2) is 7.30. The van der Waals surface area contributed by atoms with E-state index in [1.54, 1.807) is 0 Å². The highest BCUT2D eigenvalue weighted by Crippen LogP contribution is 2.53. The average Bonchev–Trinajstić information content (AvgIpc) is 3.05. The lowest BCUT2D eigenvalue weighted by Crippen LogP contribution is -2.58. The number of amidine groups is 1. The van der Waals surface area contributed by atoms with Crippen molar-refractivity contribution in [1.29, 1.82) is 0 Å². The quantitative estimate of drug-likeness (QED) is 0.726. The number of carbonyl (C=O) groups excluding carboxylic acids is 1. The van der Waals surface area contributed by atoms with Gasteiger partial charge in [-0.1, -0.05) is 6.07 Å². The van der Waals surface area contributed by atoms with Crippen LogP contribution in [0.2, 0.25) is 0 Å². The zero-order chi connectivity index (χ0) is 22.4. The number of alkyl halides is 2. The second-order valence-electron chi connectivity index (χ2n) is 8.05. The molecule has 0 bridgehead atoms. The van der Waals surface area contributed by atoms with Crippen molar-refractivity contribution in [2.75, 3.05) is 20.3 Å². The van der Waals surface area contributed by atoms with E-state index in [4.69, 9.17) is 15.2 Å². The molecule has 31 heavy (non-hydrogen) atoms. The monoisotopic (exact) mass is 434 g/mol. The number of nitrogens with two attached hydrogens (primary N) is 1. The Balaban J connectivity index is 1.71. The Hall–Kier alpha value is -3.01. The number of hydrogen-bond donors (Lipinski definition) is 1. The Morgan fingerprint density at radius 2 is 2.03 bits per heavy atom. The summed E-state index contributed by atoms with van der Waals surface area (Å²) in [7, 11) is 1.43. The number of ether oxygens (including phenoxy) is 2. The molecule has 1 aromatic heterocycles. The summed E-state index contributed by atoms with van der Waals surface area (Å²) >= 11 is 0. The molecule has 3 atom stereocenters. The SMILES string of the molecule is COc1cnc(C(=O)Cc2ccc(F)c([C@]34COC[C@@]3(F)C[C@@](C)(F)C(N)=N4)c2)cn1. The summed E-state index contributed by atoms with van der Waals surface area (Å²) in [5.41, 5.74) is -0.145. The molecular weight excluding hydrogens is 413 g/mol. The zero-order valence-electron chi connectivity index (χ0n) is 17.0. The number of methoxy groups -OCH3 is 1. The fourth-order valence-corrected chi connectivity index (χ4v) is 4.10. The molecule has 164 valence electrons. The number of aromatic nitrogens is 2. The number of fused-ring (bicyclic) bond motifs is 1. The van der Waals surface area contributed by atoms with Gasteiger partial charge in [0.15, 0.2) is 17.1 Å². The molecule has 1 fully saturated rings. The maximum absolute atomic E-state index is 15.9. The number of benzene rings is 1. The average molecular weight is 434 g/mol. The van der Waals surface area contributed by atoms with Gasteiger partial charge in [0, 0.05) is 18.4 Å². The summed E-state index contributed by atoms with van der Waals surface area (Å²) in [6.07, 6.45) is 1.84. The van der Waals surface area contributed by atoms with Crippen molar-refractivity contribution in [3.8, 4) is 5.88 Å². The number of rotatable bonds is 5. The lowest BCUT2D eigenvalue weighted by molar-refractivity contribution is 0.0234. The number of aliphatic imine (C=N–C) groups is 1. The standard InChI is InChI=1S/C21H21F3N4O3/c1-19(23)9-20(24)10-31-11-21(20,28-18(19)25)13-5-12(3-4-14(13)22)6-16(29)15-7-27-17(30-2)8-26-15/h3-5,7-8H,6,9-11H2,1-2H3,(H2,25,28)/t19-,20+,21-/m1/s1. The number of nitrogens with zero attached hydrogens (tertiary/aromatic N) is 3. The highest BCUT2D eigenvalue weighted by molar-refractivity contribution is 5.95. The van der Waals surface area contributed by atoms with Gasteiger partial charge >= 0.3 is 0 Å². The number of halogens is 3. The third-order valence-corrected chi connectivity index (χ3v) is 5.80. The molecule has 4 rings (SSSR count). The van der Waals surface area contributed by atoms with Gasteiger partial charge in [-0.15, -0.1) is 0 Å². The van der Waals surface area contributed by atoms with Crippen molar-refractivity contribution in [2.24, 2.45) is 10.7 Å². The first-order valence-electron chi connectivity index (χ1n) is 9.60. The van der Waals surface area contributed by atoms with Gasteiger partial charge in [0.1, 0.15) is 22.9 Å². The topological polar surface area (TPSA) is 99.7 Å². The van der Waals surface area contributed by atoms with Crippen molar-refractivity contribution in [2.45, 2.75) is 36.6 Å². The minimum absolute atomic E-state index is 0.0991. The Kier molecular flexibility index (Phi) is 5.00. The van der Waals surface area contributed by atoms with E-state index < -0.39 is 41.6 Å². The lowest BCUT2D eigenvalue weighted by Gasteiger charge is -2.43. The van der Waals surface area contributed by atoms with Gasteiger partial charge in [-0.2, -0.15) is 0 Å². The van der Waals surface area contributed by atoms with Crippen LogP contribution < -0.4 is 10.5 Å². The highest BCUT2D eigenvalue weighted by Gasteiger charge is 2.65. The van der Waals surface area contributed by atoms with Crippen LogP contribution in [0.5, 0.6) is 5.88 Å². The largest absolute Gasteiger partial charge is 0.480 e. The minimum Gasteiger partial charge on any atom is -0.480 e. The van der Waals surface area contributed by atoms with Crippen LogP contribution in [0, 0.1) is 5.82 Å². The van der Waals surface area contributed by atoms with Crippen LogP contribution in [-0.4, -0.2) is 53.2 Å². The molecule has 3 heterocycles. The molecule has 0 unspecified atom stereocenters. The van der Waals surface area contributed by atoms with Crippen molar-refractivity contribution in [1.82, 2.24) is 9.97 Å². The van der Waals surface area contributed by atoms with Gasteiger partial charge in [0.05, 0.1) is 32.7 Å². The summed E-state index contributed by atoms with van der Waals surface area (Å²) in [4.78, 5) is 24.6. The smallest absolute Gasteiger partial charge is 0.232 e. The third-order valence-electron chi connectivity index (χ3n) is 5.80. The Bertz CT molecular complexity index is 1060. The molecule has 2 N–H and O–H groups in total. The lowest BCUT2D eigenvalue weighted by atomic mass is 9.70. The number of carbonyl (C=O) groups is 1. The van der Waals surface area contributed by atoms with E-state index in [1.165, 1.54) is 31.6 Å². The Labute approximate surface area is 176 Å². The van der Waals surface area contributed by atoms with Crippen molar-refractivity contribution in [3.63, 3.8) is 0 Å². The van der Waals surface area contributed by atoms with Gasteiger partial charge in [0.25, 0.3) is 0 Å². The molecule has 7 nitrogen and oxygen atoms in total. The normalized spacial score (nSPS) is 29.9. The molecule has 1 aromatic carbocycles. The van der Waals surface area contributed by atoms with Crippen LogP contribution in [-0.2, 0) is 16.7 Å². The highest BCUT2D eigenvalue weighted by atomic mass is 19.2. The van der Waals surface area contributed by atoms with Crippen LogP contribution >= 0.6 is 0 Å². The van der Waals surface area contributed by atoms with Crippen LogP contribution in [0.3, 0.4) is 0 Å². The van der Waals surface area contributed by atoms with E-state index in [1.807, 2.05) is 0 Å². The molecule has 2 aliphatic rings. The van der Waals surface area contributed by atoms with E-state index in [0.717, 1.165) is 13.0 Å². The van der Waals surface area contributed by atoms with Crippen LogP contribution in [0.1, 0.15) is 35.0 Å². The molecule has 1 saturated heterocycles. The molecule has 0 saturated carbocycles. The number of ketones is 1. The molecule has 0 amide bonds. The first kappa shape index (κ1) is 21.2. The first-order valence-corrected chi connectivity index (χ1v) is 9.60. The van der Waals surface area contributed by atoms with Gasteiger partial charge in [-0.3, -0.25) is 9.79 Å². The first-order chi connectivity index (χ1) is 14.6. The van der Waals surface area contributed by atoms with Crippen LogP contribution in [0.4, 0.5) is 13.2 Å². The molecule has 2 aliphatic heterocycles. The summed E-state index contributed by atoms with van der Waals surface area (Å²) in [6, 6.07) is 3.89. The maximum atomic E-state index is 15.9. The van der Waals surface area contributed by atoms with E-state index >= 15 is 4.39 Å². The summed E-state index contributed by atoms with van der Waals surface area (Å²) < 4.78 is 55.7. The van der Waals surface area contributed by atoms with E-state index in [0.29, 0.717) is 5.56 Å². The summed E-state index contributed by atoms with van der Waals surface area (Å²) in [5, 5.41) is 0. The third kappa shape index (κ3) is 3.44. The van der Waals surface area contributed by atoms with Crippen molar-refractivity contribution < 1.29 is 27.4 Å². The Morgan fingerprint density at radius 3 is 2.71 bits per heavy atom. The zero-order valence-corrected chi connectivity index (χ0v) is 17.0. The van der Waals surface area contributed by atoms with Gasteiger partial charge in [0.2, 0.25) is 5.88 Å². The number of hydrogen-bond acceptors (Lipinski definition) is 7. The molecule has 0 aliphatic carbocycles. The fraction of sp³-hybridized carbons (Fsp3) is 0.429. The van der Waals surface area contributed by atoms with Gasteiger partial charge < -0.3 is 15.2 Å². The fourth-order valence-electron chi connectivity index (χ4n) is 4.10. The molecule has 10 heteroatoms. The van der Waals surface area contributed by atoms with Crippen LogP contribution in [0.25, 0.3) is 0 Å². The van der Waals surface area contributed by atoms with Gasteiger partial charge in [-0.25, -0.2) is 23.1 Å². The van der Waals surface area contributed by atoms with Crippen molar-refractivity contribution >= 4 is 11.6 Å². The van der Waals surface area contributed by atoms with E-state index in [9.17, 15) is 13.6 Å². The summed E-state index contributed by atoms with van der Waals surface area (Å²) in [6.45, 7) is 0.405. The predicted molar refractivity (Wildman–Crippen MR) is 105 cm³/mol. The molecule has 0 radical (unpaired) electrons. The second-order valence-corrected chi connectivity index (χ2v) is 8.05. The predicted octanol–water partition coefficient (Wildman–Crippen LogP) is 2.47. The van der Waals surface area contributed by atoms with Crippen LogP contribution in [0.15, 0.2) is 35.6 Å². The van der Waals surface area contributed by atoms with Crippen molar-refractivity contribution in [3.05, 3.63) is 53.2 Å². The molecular formula is C21H21F3N4O3. The minimum atomic E-state index is -2.29. The van der Waals surface area contributed by atoms with E-state index in [2.05, 4.69) is 15.0 Å². The van der Waals surface area contributed by atoms with Gasteiger partial charge in [-0.05, 0) is 24.6 Å².